The first-order valence-electron chi connectivity index (χ1n) is 3.97. The standard InChI is InChI=1S/C5H5N.C4H6O3/c1-2-4-6-5-3-1;1-3-2-6-4(5)7-3/h1-5H;3H,2H2,1H3. The second-order valence-corrected chi connectivity index (χ2v) is 2.51. The van der Waals surface area contributed by atoms with Crippen molar-refractivity contribution in [2.24, 2.45) is 0 Å². The zero-order valence-corrected chi connectivity index (χ0v) is 7.34. The molecule has 4 nitrogen and oxygen atoms in total. The number of carbonyl (C=O) groups is 1. The lowest BCUT2D eigenvalue weighted by Crippen LogP contribution is -2.01. The van der Waals surface area contributed by atoms with E-state index in [4.69, 9.17) is 0 Å². The van der Waals surface area contributed by atoms with E-state index >= 15 is 0 Å². The molecule has 2 heterocycles. The van der Waals surface area contributed by atoms with Gasteiger partial charge in [0.1, 0.15) is 12.7 Å². The molecule has 13 heavy (non-hydrogen) atoms. The minimum atomic E-state index is -0.549. The minimum absolute atomic E-state index is 0.0486. The van der Waals surface area contributed by atoms with Gasteiger partial charge >= 0.3 is 6.16 Å². The third-order valence-electron chi connectivity index (χ3n) is 1.30. The van der Waals surface area contributed by atoms with Crippen LogP contribution in [0, 0.1) is 0 Å². The van der Waals surface area contributed by atoms with Gasteiger partial charge in [-0.1, -0.05) is 6.07 Å². The van der Waals surface area contributed by atoms with Gasteiger partial charge < -0.3 is 9.47 Å². The maximum absolute atomic E-state index is 10.0. The van der Waals surface area contributed by atoms with Crippen LogP contribution in [-0.4, -0.2) is 23.9 Å². The molecule has 0 aromatic carbocycles. The van der Waals surface area contributed by atoms with E-state index in [2.05, 4.69) is 14.5 Å². The van der Waals surface area contributed by atoms with Gasteiger partial charge in [-0.15, -0.1) is 0 Å². The largest absolute Gasteiger partial charge is 0.508 e. The van der Waals surface area contributed by atoms with Crippen molar-refractivity contribution in [1.29, 1.82) is 0 Å². The van der Waals surface area contributed by atoms with Gasteiger partial charge in [-0.2, -0.15) is 0 Å². The smallest absolute Gasteiger partial charge is 0.430 e. The van der Waals surface area contributed by atoms with Crippen molar-refractivity contribution >= 4 is 6.16 Å². The highest BCUT2D eigenvalue weighted by molar-refractivity contribution is 5.61. The highest BCUT2D eigenvalue weighted by Crippen LogP contribution is 2.02. The monoisotopic (exact) mass is 181 g/mol. The fraction of sp³-hybridized carbons (Fsp3) is 0.333. The Morgan fingerprint density at radius 3 is 2.23 bits per heavy atom. The molecular formula is C9H11NO3. The van der Waals surface area contributed by atoms with E-state index in [0.717, 1.165) is 0 Å². The minimum Gasteiger partial charge on any atom is -0.430 e. The van der Waals surface area contributed by atoms with Crippen molar-refractivity contribution in [2.75, 3.05) is 6.61 Å². The highest BCUT2D eigenvalue weighted by atomic mass is 16.8. The number of rotatable bonds is 0. The van der Waals surface area contributed by atoms with Crippen molar-refractivity contribution in [3.8, 4) is 0 Å². The van der Waals surface area contributed by atoms with E-state index in [1.807, 2.05) is 18.2 Å². The normalized spacial score (nSPS) is 19.5. The summed E-state index contributed by atoms with van der Waals surface area (Å²) in [4.78, 5) is 13.8. The Bertz CT molecular complexity index is 224. The van der Waals surface area contributed by atoms with Crippen molar-refractivity contribution < 1.29 is 14.3 Å². The molecule has 1 atom stereocenters. The molecule has 0 saturated carbocycles. The van der Waals surface area contributed by atoms with Crippen molar-refractivity contribution in [1.82, 2.24) is 4.98 Å². The molecule has 1 fully saturated rings. The first kappa shape index (κ1) is 9.51. The van der Waals surface area contributed by atoms with Crippen LogP contribution in [0.25, 0.3) is 0 Å². The molecule has 0 bridgehead atoms. The molecule has 1 unspecified atom stereocenters. The van der Waals surface area contributed by atoms with Gasteiger partial charge in [-0.25, -0.2) is 4.79 Å². The molecular weight excluding hydrogens is 170 g/mol. The summed E-state index contributed by atoms with van der Waals surface area (Å²) in [6.45, 7) is 2.18. The lowest BCUT2D eigenvalue weighted by Gasteiger charge is -1.90. The maximum Gasteiger partial charge on any atom is 0.508 e. The van der Waals surface area contributed by atoms with Gasteiger partial charge in [0.2, 0.25) is 0 Å². The summed E-state index contributed by atoms with van der Waals surface area (Å²) in [7, 11) is 0. The molecule has 1 saturated heterocycles. The van der Waals surface area contributed by atoms with Crippen LogP contribution >= 0.6 is 0 Å². The maximum atomic E-state index is 10.0. The SMILES string of the molecule is CC1COC(=O)O1.c1ccncc1. The molecule has 1 aliphatic heterocycles. The van der Waals surface area contributed by atoms with Gasteiger partial charge in [0.15, 0.2) is 0 Å². The molecule has 1 aliphatic rings. The van der Waals surface area contributed by atoms with Crippen molar-refractivity contribution in [3.05, 3.63) is 30.6 Å². The third kappa shape index (κ3) is 4.10. The zero-order chi connectivity index (χ0) is 9.52. The van der Waals surface area contributed by atoms with Gasteiger partial charge in [0.05, 0.1) is 0 Å². The quantitative estimate of drug-likeness (QED) is 0.570. The summed E-state index contributed by atoms with van der Waals surface area (Å²) in [5.41, 5.74) is 0. The number of nitrogens with zero attached hydrogens (tertiary/aromatic N) is 1. The first-order chi connectivity index (χ1) is 6.29. The predicted molar refractivity (Wildman–Crippen MR) is 46.1 cm³/mol. The molecule has 2 rings (SSSR count). The molecule has 0 amide bonds. The molecule has 0 spiro atoms. The Kier molecular flexibility index (Phi) is 3.75. The van der Waals surface area contributed by atoms with Crippen LogP contribution in [0.5, 0.6) is 0 Å². The summed E-state index contributed by atoms with van der Waals surface area (Å²) in [5, 5.41) is 0. The second kappa shape index (κ2) is 5.13. The van der Waals surface area contributed by atoms with E-state index in [-0.39, 0.29) is 6.10 Å². The van der Waals surface area contributed by atoms with Gasteiger partial charge in [-0.3, -0.25) is 4.98 Å². The summed E-state index contributed by atoms with van der Waals surface area (Å²) in [6.07, 6.45) is 2.90. The lowest BCUT2D eigenvalue weighted by molar-refractivity contribution is 0.121. The molecule has 0 aliphatic carbocycles. The molecule has 70 valence electrons. The van der Waals surface area contributed by atoms with Gasteiger partial charge in [0.25, 0.3) is 0 Å². The van der Waals surface area contributed by atoms with E-state index < -0.39 is 6.16 Å². The average molecular weight is 181 g/mol. The van der Waals surface area contributed by atoms with Crippen molar-refractivity contribution in [2.45, 2.75) is 13.0 Å². The lowest BCUT2D eigenvalue weighted by atomic mass is 10.5. The molecule has 4 heteroatoms. The number of pyridine rings is 1. The Hall–Kier alpha value is -1.58. The number of hydrogen-bond donors (Lipinski definition) is 0. The first-order valence-corrected chi connectivity index (χ1v) is 3.97. The molecule has 1 aromatic rings. The summed E-state index contributed by atoms with van der Waals surface area (Å²) in [6, 6.07) is 5.72. The van der Waals surface area contributed by atoms with Crippen LogP contribution < -0.4 is 0 Å². The van der Waals surface area contributed by atoms with Gasteiger partial charge in [0, 0.05) is 12.4 Å². The number of cyclic esters (lactones) is 2. The average Bonchev–Trinajstić information content (AvgIpc) is 2.54. The Labute approximate surface area is 76.5 Å². The molecule has 0 N–H and O–H groups in total. The Morgan fingerprint density at radius 2 is 2.08 bits per heavy atom. The Balaban J connectivity index is 0.000000132. The molecule has 0 radical (unpaired) electrons. The van der Waals surface area contributed by atoms with Gasteiger partial charge in [-0.05, 0) is 19.1 Å². The predicted octanol–water partition coefficient (Wildman–Crippen LogP) is 1.62. The van der Waals surface area contributed by atoms with Crippen molar-refractivity contribution in [3.63, 3.8) is 0 Å². The third-order valence-corrected chi connectivity index (χ3v) is 1.30. The summed E-state index contributed by atoms with van der Waals surface area (Å²) >= 11 is 0. The topological polar surface area (TPSA) is 48.4 Å². The van der Waals surface area contributed by atoms with Crippen LogP contribution in [0.4, 0.5) is 4.79 Å². The summed E-state index contributed by atoms with van der Waals surface area (Å²) in [5.74, 6) is 0. The zero-order valence-electron chi connectivity index (χ0n) is 7.34. The van der Waals surface area contributed by atoms with Crippen LogP contribution in [0.3, 0.4) is 0 Å². The number of ether oxygens (including phenoxy) is 2. The highest BCUT2D eigenvalue weighted by Gasteiger charge is 2.19. The van der Waals surface area contributed by atoms with E-state index in [1.54, 1.807) is 19.3 Å². The van der Waals surface area contributed by atoms with Crippen LogP contribution in [0.15, 0.2) is 30.6 Å². The van der Waals surface area contributed by atoms with E-state index in [1.165, 1.54) is 0 Å². The van der Waals surface area contributed by atoms with Crippen LogP contribution in [0.1, 0.15) is 6.92 Å². The second-order valence-electron chi connectivity index (χ2n) is 2.51. The van der Waals surface area contributed by atoms with E-state index in [9.17, 15) is 4.79 Å². The number of hydrogen-bond acceptors (Lipinski definition) is 4. The fourth-order valence-electron chi connectivity index (χ4n) is 0.730. The number of aromatic nitrogens is 1. The van der Waals surface area contributed by atoms with Crippen LogP contribution in [-0.2, 0) is 9.47 Å². The Morgan fingerprint density at radius 1 is 1.38 bits per heavy atom. The van der Waals surface area contributed by atoms with Crippen LogP contribution in [0.2, 0.25) is 0 Å². The fourth-order valence-corrected chi connectivity index (χ4v) is 0.730. The number of carbonyl (C=O) groups excluding carboxylic acids is 1. The molecule has 1 aromatic heterocycles. The van der Waals surface area contributed by atoms with E-state index in [0.29, 0.717) is 6.61 Å². The summed E-state index contributed by atoms with van der Waals surface area (Å²) < 4.78 is 8.90.